The van der Waals surface area contributed by atoms with Gasteiger partial charge in [-0.2, -0.15) is 0 Å². The van der Waals surface area contributed by atoms with Crippen molar-refractivity contribution in [2.75, 3.05) is 11.9 Å². The van der Waals surface area contributed by atoms with Crippen molar-refractivity contribution in [3.05, 3.63) is 60.2 Å². The summed E-state index contributed by atoms with van der Waals surface area (Å²) in [6.07, 6.45) is 0. The molecule has 2 aromatic carbocycles. The molecule has 0 aromatic heterocycles. The molecule has 112 valence electrons. The molecule has 1 unspecified atom stereocenters. The first kappa shape index (κ1) is 15.5. The van der Waals surface area contributed by atoms with Gasteiger partial charge in [0.2, 0.25) is 10.0 Å². The normalized spacial score (nSPS) is 14.4. The van der Waals surface area contributed by atoms with Gasteiger partial charge in [0.1, 0.15) is 4.90 Å². The van der Waals surface area contributed by atoms with E-state index in [0.29, 0.717) is 5.69 Å². The Bertz CT molecular complexity index is 717. The molecule has 0 fully saturated rings. The van der Waals surface area contributed by atoms with Crippen molar-refractivity contribution < 1.29 is 13.5 Å². The van der Waals surface area contributed by atoms with Crippen LogP contribution in [0.3, 0.4) is 0 Å². The Morgan fingerprint density at radius 1 is 1.10 bits per heavy atom. The lowest BCUT2D eigenvalue weighted by Gasteiger charge is -2.31. The van der Waals surface area contributed by atoms with E-state index in [4.69, 9.17) is 5.14 Å². The zero-order valence-electron chi connectivity index (χ0n) is 11.7. The summed E-state index contributed by atoms with van der Waals surface area (Å²) < 4.78 is 23.3. The summed E-state index contributed by atoms with van der Waals surface area (Å²) in [4.78, 5) is 0.000561. The van der Waals surface area contributed by atoms with Gasteiger partial charge in [0, 0.05) is 0 Å². The molecule has 0 spiro atoms. The molecule has 0 aliphatic carbocycles. The Hall–Kier alpha value is -1.89. The van der Waals surface area contributed by atoms with Gasteiger partial charge in [-0.1, -0.05) is 42.5 Å². The van der Waals surface area contributed by atoms with Gasteiger partial charge in [0.15, 0.2) is 0 Å². The predicted octanol–water partition coefficient (Wildman–Crippen LogP) is 1.65. The Morgan fingerprint density at radius 2 is 1.67 bits per heavy atom. The number of para-hydroxylation sites is 1. The SMILES string of the molecule is CC(CO)(Nc1ccccc1S(N)(=O)=O)c1ccccc1. The average Bonchev–Trinajstić information content (AvgIpc) is 2.47. The number of nitrogens with two attached hydrogens (primary N) is 1. The number of aliphatic hydroxyl groups excluding tert-OH is 1. The van der Waals surface area contributed by atoms with Gasteiger partial charge >= 0.3 is 0 Å². The number of hydrogen-bond donors (Lipinski definition) is 3. The minimum absolute atomic E-state index is 0.000561. The molecule has 0 bridgehead atoms. The van der Waals surface area contributed by atoms with E-state index in [9.17, 15) is 13.5 Å². The first-order chi connectivity index (χ1) is 9.87. The summed E-state index contributed by atoms with van der Waals surface area (Å²) in [5.74, 6) is 0. The van der Waals surface area contributed by atoms with Crippen LogP contribution in [-0.4, -0.2) is 20.1 Å². The molecular weight excluding hydrogens is 288 g/mol. The van der Waals surface area contributed by atoms with Crippen LogP contribution in [0.1, 0.15) is 12.5 Å². The standard InChI is InChI=1S/C15H18N2O3S/c1-15(11-18,12-7-3-2-4-8-12)17-13-9-5-6-10-14(13)21(16,19)20/h2-10,17-18H,11H2,1H3,(H2,16,19,20). The topological polar surface area (TPSA) is 92.4 Å². The fourth-order valence-electron chi connectivity index (χ4n) is 2.12. The number of rotatable bonds is 5. The van der Waals surface area contributed by atoms with Crippen molar-refractivity contribution >= 4 is 15.7 Å². The lowest BCUT2D eigenvalue weighted by atomic mass is 9.92. The highest BCUT2D eigenvalue weighted by Crippen LogP contribution is 2.29. The lowest BCUT2D eigenvalue weighted by molar-refractivity contribution is 0.224. The van der Waals surface area contributed by atoms with Crippen LogP contribution >= 0.6 is 0 Å². The molecule has 0 saturated carbocycles. The highest BCUT2D eigenvalue weighted by Gasteiger charge is 2.27. The Labute approximate surface area is 124 Å². The average molecular weight is 306 g/mol. The molecular formula is C15H18N2O3S. The van der Waals surface area contributed by atoms with Crippen LogP contribution in [0.25, 0.3) is 0 Å². The van der Waals surface area contributed by atoms with Crippen molar-refractivity contribution in [1.29, 1.82) is 0 Å². The molecule has 0 aliphatic rings. The van der Waals surface area contributed by atoms with E-state index in [-0.39, 0.29) is 11.5 Å². The van der Waals surface area contributed by atoms with Crippen LogP contribution in [-0.2, 0) is 15.6 Å². The highest BCUT2D eigenvalue weighted by molar-refractivity contribution is 7.89. The first-order valence-corrected chi connectivity index (χ1v) is 7.98. The van der Waals surface area contributed by atoms with Gasteiger partial charge in [-0.3, -0.25) is 0 Å². The zero-order chi connectivity index (χ0) is 15.5. The summed E-state index contributed by atoms with van der Waals surface area (Å²) in [6.45, 7) is 1.60. The first-order valence-electron chi connectivity index (χ1n) is 6.43. The van der Waals surface area contributed by atoms with E-state index in [1.807, 2.05) is 30.3 Å². The van der Waals surface area contributed by atoms with Crippen LogP contribution in [0.15, 0.2) is 59.5 Å². The van der Waals surface area contributed by atoms with Crippen LogP contribution in [0.2, 0.25) is 0 Å². The Kier molecular flexibility index (Phi) is 4.32. The van der Waals surface area contributed by atoms with Crippen LogP contribution in [0.5, 0.6) is 0 Å². The molecule has 0 amide bonds. The third-order valence-electron chi connectivity index (χ3n) is 3.33. The van der Waals surface area contributed by atoms with Crippen LogP contribution in [0.4, 0.5) is 5.69 Å². The molecule has 0 aliphatic heterocycles. The monoisotopic (exact) mass is 306 g/mol. The number of aliphatic hydroxyl groups is 1. The summed E-state index contributed by atoms with van der Waals surface area (Å²) in [7, 11) is -3.84. The Balaban J connectivity index is 2.45. The fourth-order valence-corrected chi connectivity index (χ4v) is 2.82. The number of primary sulfonamides is 1. The maximum Gasteiger partial charge on any atom is 0.240 e. The van der Waals surface area contributed by atoms with E-state index < -0.39 is 15.6 Å². The largest absolute Gasteiger partial charge is 0.394 e. The summed E-state index contributed by atoms with van der Waals surface area (Å²) in [6, 6.07) is 15.7. The molecule has 0 saturated heterocycles. The predicted molar refractivity (Wildman–Crippen MR) is 82.3 cm³/mol. The van der Waals surface area contributed by atoms with Crippen LogP contribution in [0, 0.1) is 0 Å². The molecule has 2 rings (SSSR count). The number of benzene rings is 2. The molecule has 5 nitrogen and oxygen atoms in total. The molecule has 2 aromatic rings. The highest BCUT2D eigenvalue weighted by atomic mass is 32.2. The third-order valence-corrected chi connectivity index (χ3v) is 4.30. The molecule has 1 atom stereocenters. The van der Waals surface area contributed by atoms with Crippen molar-refractivity contribution in [2.24, 2.45) is 5.14 Å². The van der Waals surface area contributed by atoms with Crippen molar-refractivity contribution in [1.82, 2.24) is 0 Å². The second-order valence-electron chi connectivity index (χ2n) is 5.02. The number of nitrogens with one attached hydrogen (secondary N) is 1. The maximum atomic E-state index is 11.6. The Morgan fingerprint density at radius 3 is 2.24 bits per heavy atom. The van der Waals surface area contributed by atoms with Crippen molar-refractivity contribution in [3.63, 3.8) is 0 Å². The van der Waals surface area contributed by atoms with E-state index in [2.05, 4.69) is 5.32 Å². The second-order valence-corrected chi connectivity index (χ2v) is 6.55. The number of hydrogen-bond acceptors (Lipinski definition) is 4. The smallest absolute Gasteiger partial charge is 0.240 e. The fraction of sp³-hybridized carbons (Fsp3) is 0.200. The van der Waals surface area contributed by atoms with Gasteiger partial charge in [0.05, 0.1) is 17.8 Å². The summed E-state index contributed by atoms with van der Waals surface area (Å²) >= 11 is 0. The number of anilines is 1. The molecule has 6 heteroatoms. The number of sulfonamides is 1. The van der Waals surface area contributed by atoms with Gasteiger partial charge in [-0.25, -0.2) is 13.6 Å². The van der Waals surface area contributed by atoms with Crippen molar-refractivity contribution in [2.45, 2.75) is 17.4 Å². The molecule has 0 heterocycles. The quantitative estimate of drug-likeness (QED) is 0.783. The van der Waals surface area contributed by atoms with E-state index >= 15 is 0 Å². The van der Waals surface area contributed by atoms with E-state index in [1.165, 1.54) is 6.07 Å². The molecule has 4 N–H and O–H groups in total. The van der Waals surface area contributed by atoms with Crippen molar-refractivity contribution in [3.8, 4) is 0 Å². The summed E-state index contributed by atoms with van der Waals surface area (Å²) in [5, 5.41) is 18.1. The zero-order valence-corrected chi connectivity index (χ0v) is 12.5. The molecule has 0 radical (unpaired) electrons. The maximum absolute atomic E-state index is 11.6. The third kappa shape index (κ3) is 3.41. The van der Waals surface area contributed by atoms with Gasteiger partial charge < -0.3 is 10.4 Å². The van der Waals surface area contributed by atoms with E-state index in [1.54, 1.807) is 25.1 Å². The summed E-state index contributed by atoms with van der Waals surface area (Å²) in [5.41, 5.74) is 0.388. The molecule has 21 heavy (non-hydrogen) atoms. The van der Waals surface area contributed by atoms with Crippen LogP contribution < -0.4 is 10.5 Å². The van der Waals surface area contributed by atoms with E-state index in [0.717, 1.165) is 5.56 Å². The van der Waals surface area contributed by atoms with Gasteiger partial charge in [-0.15, -0.1) is 0 Å². The minimum Gasteiger partial charge on any atom is -0.394 e. The second kappa shape index (κ2) is 5.85. The minimum atomic E-state index is -3.84. The van der Waals surface area contributed by atoms with Gasteiger partial charge in [-0.05, 0) is 24.6 Å². The lowest BCUT2D eigenvalue weighted by Crippen LogP contribution is -2.36. The van der Waals surface area contributed by atoms with Gasteiger partial charge in [0.25, 0.3) is 0 Å².